The van der Waals surface area contributed by atoms with E-state index in [1.807, 2.05) is 38.1 Å². The van der Waals surface area contributed by atoms with Crippen molar-refractivity contribution in [3.05, 3.63) is 77.4 Å². The van der Waals surface area contributed by atoms with E-state index in [9.17, 15) is 9.59 Å². The van der Waals surface area contributed by atoms with Crippen LogP contribution in [0.15, 0.2) is 60.7 Å². The summed E-state index contributed by atoms with van der Waals surface area (Å²) in [6.07, 6.45) is 6.51. The van der Waals surface area contributed by atoms with Crippen molar-refractivity contribution < 1.29 is 14.7 Å². The van der Waals surface area contributed by atoms with Gasteiger partial charge in [0.25, 0.3) is 0 Å². The van der Waals surface area contributed by atoms with Gasteiger partial charge in [0.2, 0.25) is 11.8 Å². The molecule has 10 nitrogen and oxygen atoms in total. The van der Waals surface area contributed by atoms with Crippen LogP contribution < -0.4 is 37.6 Å². The van der Waals surface area contributed by atoms with Crippen molar-refractivity contribution >= 4 is 40.3 Å². The number of nitrogens with one attached hydrogen (secondary N) is 4. The zero-order valence-corrected chi connectivity index (χ0v) is 34.1. The molecule has 0 radical (unpaired) electrons. The SMILES string of the molecule is CC.CCC.CCC[C@H](NC)C(=O)Nc1cc(C2CCC(c3ccc(N)c(NC(=O)C4CCCN4)c3)N2c2ccc(C(C)(C)C)cc2)ccc1N.CO. The molecule has 2 aliphatic rings. The number of amides is 2. The molecule has 294 valence electrons. The summed E-state index contributed by atoms with van der Waals surface area (Å²) in [7, 11) is 2.81. The summed E-state index contributed by atoms with van der Waals surface area (Å²) in [4.78, 5) is 28.5. The summed E-state index contributed by atoms with van der Waals surface area (Å²) in [6, 6.07) is 20.4. The Bertz CT molecular complexity index is 1550. The molecule has 9 N–H and O–H groups in total. The standard InChI is InChI=1S/C37H51N7O2.C3H8.C2H6.CH4O/c1-6-8-29(40-5)35(45)42-31-21-23(10-16-27(31)38)33-18-19-34(44(33)26-14-12-25(13-15-26)37(2,3)4)24-11-17-28(39)32(22-24)43-36(46)30-9-7-20-41-30;1-3-2;2*1-2/h10-17,21-22,29-30,33-34,40-41H,6-9,18-20,38-39H2,1-5H3,(H,42,45)(H,43,46);3H2,1-2H3;1-2H3;2H,1H3/t29-,30?,33?,34?;;;/m0.../s1. The molecule has 2 saturated heterocycles. The molecule has 2 fully saturated rings. The number of nitrogen functional groups attached to an aromatic ring is 2. The Balaban J connectivity index is 0.00000130. The summed E-state index contributed by atoms with van der Waals surface area (Å²) < 4.78 is 0. The minimum absolute atomic E-state index is 0.0353. The number of aliphatic hydroxyl groups is 1. The van der Waals surface area contributed by atoms with Crippen LogP contribution in [0.2, 0.25) is 0 Å². The molecule has 5 rings (SSSR count). The van der Waals surface area contributed by atoms with Gasteiger partial charge in [-0.15, -0.1) is 0 Å². The van der Waals surface area contributed by atoms with E-state index in [1.54, 1.807) is 7.05 Å². The number of anilines is 5. The van der Waals surface area contributed by atoms with E-state index in [2.05, 4.69) is 104 Å². The van der Waals surface area contributed by atoms with Crippen molar-refractivity contribution in [1.29, 1.82) is 0 Å². The van der Waals surface area contributed by atoms with Crippen molar-refractivity contribution in [2.45, 2.75) is 130 Å². The maximum Gasteiger partial charge on any atom is 0.241 e. The number of benzene rings is 3. The number of nitrogens with two attached hydrogens (primary N) is 2. The summed E-state index contributed by atoms with van der Waals surface area (Å²) in [5.41, 5.74) is 19.7. The fourth-order valence-corrected chi connectivity index (χ4v) is 6.78. The van der Waals surface area contributed by atoms with Gasteiger partial charge in [0.15, 0.2) is 0 Å². The van der Waals surface area contributed by atoms with Gasteiger partial charge in [-0.05, 0) is 104 Å². The molecule has 0 saturated carbocycles. The third kappa shape index (κ3) is 12.2. The number of nitrogens with zero attached hydrogens (tertiary/aromatic N) is 1. The van der Waals surface area contributed by atoms with Crippen LogP contribution in [0.1, 0.15) is 129 Å². The van der Waals surface area contributed by atoms with Crippen LogP contribution in [0.25, 0.3) is 0 Å². The molecular formula is C43H69N7O3. The van der Waals surface area contributed by atoms with Crippen molar-refractivity contribution in [3.8, 4) is 0 Å². The van der Waals surface area contributed by atoms with E-state index in [4.69, 9.17) is 16.6 Å². The number of aliphatic hydroxyl groups excluding tert-OH is 1. The molecule has 3 unspecified atom stereocenters. The maximum atomic E-state index is 13.1. The highest BCUT2D eigenvalue weighted by molar-refractivity contribution is 5.98. The molecule has 3 aromatic carbocycles. The lowest BCUT2D eigenvalue weighted by Crippen LogP contribution is -2.38. The smallest absolute Gasteiger partial charge is 0.241 e. The predicted molar refractivity (Wildman–Crippen MR) is 226 cm³/mol. The lowest BCUT2D eigenvalue weighted by atomic mass is 9.87. The summed E-state index contributed by atoms with van der Waals surface area (Å²) in [6.45, 7) is 17.8. The Hall–Kier alpha value is -4.12. The molecule has 10 heteroatoms. The van der Waals surface area contributed by atoms with E-state index in [1.165, 1.54) is 12.0 Å². The molecule has 3 aromatic rings. The van der Waals surface area contributed by atoms with Gasteiger partial charge < -0.3 is 42.7 Å². The third-order valence-electron chi connectivity index (χ3n) is 9.48. The minimum atomic E-state index is -0.286. The first-order valence-corrected chi connectivity index (χ1v) is 19.6. The molecule has 2 amide bonds. The Labute approximate surface area is 319 Å². The Morgan fingerprint density at radius 2 is 1.36 bits per heavy atom. The second-order valence-electron chi connectivity index (χ2n) is 14.5. The topological polar surface area (TPSA) is 158 Å². The van der Waals surface area contributed by atoms with Gasteiger partial charge in [0.1, 0.15) is 0 Å². The molecule has 0 bridgehead atoms. The van der Waals surface area contributed by atoms with Crippen LogP contribution in [-0.4, -0.2) is 49.7 Å². The van der Waals surface area contributed by atoms with E-state index in [0.717, 1.165) is 69.0 Å². The summed E-state index contributed by atoms with van der Waals surface area (Å²) >= 11 is 0. The van der Waals surface area contributed by atoms with Gasteiger partial charge in [-0.25, -0.2) is 0 Å². The van der Waals surface area contributed by atoms with Crippen LogP contribution in [0.4, 0.5) is 28.4 Å². The lowest BCUT2D eigenvalue weighted by molar-refractivity contribution is -0.118. The number of hydrogen-bond acceptors (Lipinski definition) is 8. The number of rotatable bonds is 10. The monoisotopic (exact) mass is 732 g/mol. The van der Waals surface area contributed by atoms with Crippen molar-refractivity contribution in [2.24, 2.45) is 0 Å². The first kappa shape index (κ1) is 45.0. The van der Waals surface area contributed by atoms with E-state index < -0.39 is 0 Å². The molecule has 0 spiro atoms. The average Bonchev–Trinajstić information content (AvgIpc) is 3.86. The molecule has 2 aliphatic heterocycles. The van der Waals surface area contributed by atoms with Crippen molar-refractivity contribution in [2.75, 3.05) is 47.7 Å². The first-order valence-electron chi connectivity index (χ1n) is 19.6. The maximum absolute atomic E-state index is 13.1. The van der Waals surface area contributed by atoms with Gasteiger partial charge in [-0.2, -0.15) is 0 Å². The van der Waals surface area contributed by atoms with E-state index in [0.29, 0.717) is 22.7 Å². The number of hydrogen-bond donors (Lipinski definition) is 7. The second-order valence-corrected chi connectivity index (χ2v) is 14.5. The summed E-state index contributed by atoms with van der Waals surface area (Å²) in [5.74, 6) is -0.132. The normalized spacial score (nSPS) is 18.3. The second kappa shape index (κ2) is 22.2. The minimum Gasteiger partial charge on any atom is -0.400 e. The number of carbonyl (C=O) groups excluding carboxylic acids is 2. The highest BCUT2D eigenvalue weighted by Gasteiger charge is 2.36. The average molecular weight is 732 g/mol. The van der Waals surface area contributed by atoms with Gasteiger partial charge in [-0.3, -0.25) is 9.59 Å². The molecule has 0 aliphatic carbocycles. The molecule has 2 heterocycles. The van der Waals surface area contributed by atoms with Crippen molar-refractivity contribution in [3.63, 3.8) is 0 Å². The Morgan fingerprint density at radius 3 is 1.79 bits per heavy atom. The Morgan fingerprint density at radius 1 is 0.849 bits per heavy atom. The van der Waals surface area contributed by atoms with Crippen LogP contribution >= 0.6 is 0 Å². The van der Waals surface area contributed by atoms with Crippen molar-refractivity contribution in [1.82, 2.24) is 10.6 Å². The largest absolute Gasteiger partial charge is 0.400 e. The molecule has 53 heavy (non-hydrogen) atoms. The fraction of sp³-hybridized carbons (Fsp3) is 0.535. The molecule has 4 atom stereocenters. The first-order chi connectivity index (χ1) is 25.4. The van der Waals surface area contributed by atoms with Crippen LogP contribution in [0, 0.1) is 0 Å². The van der Waals surface area contributed by atoms with E-state index >= 15 is 0 Å². The van der Waals surface area contributed by atoms with Gasteiger partial charge >= 0.3 is 0 Å². The fourth-order valence-electron chi connectivity index (χ4n) is 6.78. The number of likely N-dealkylation sites (N-methyl/N-ethyl adjacent to an activating group) is 1. The quantitative estimate of drug-likeness (QED) is 0.103. The van der Waals surface area contributed by atoms with Gasteiger partial charge in [-0.1, -0.05) is 92.5 Å². The highest BCUT2D eigenvalue weighted by atomic mass is 16.2. The Kier molecular flexibility index (Phi) is 18.8. The molecular weight excluding hydrogens is 663 g/mol. The third-order valence-corrected chi connectivity index (χ3v) is 9.48. The lowest BCUT2D eigenvalue weighted by Gasteiger charge is -2.34. The van der Waals surface area contributed by atoms with E-state index in [-0.39, 0.29) is 41.4 Å². The summed E-state index contributed by atoms with van der Waals surface area (Å²) in [5, 5.41) is 19.6. The number of carbonyl (C=O) groups is 2. The highest BCUT2D eigenvalue weighted by Crippen LogP contribution is 2.48. The zero-order valence-electron chi connectivity index (χ0n) is 34.1. The van der Waals surface area contributed by atoms with Gasteiger partial charge in [0, 0.05) is 12.8 Å². The van der Waals surface area contributed by atoms with Crippen LogP contribution in [0.5, 0.6) is 0 Å². The molecule has 0 aromatic heterocycles. The van der Waals surface area contributed by atoms with Crippen LogP contribution in [-0.2, 0) is 15.0 Å². The predicted octanol–water partition coefficient (Wildman–Crippen LogP) is 8.30. The van der Waals surface area contributed by atoms with Crippen LogP contribution in [0.3, 0.4) is 0 Å². The zero-order chi connectivity index (χ0) is 39.7. The van der Waals surface area contributed by atoms with Gasteiger partial charge in [0.05, 0.1) is 46.9 Å².